The molecule has 1 aromatic heterocycles. The van der Waals surface area contributed by atoms with Crippen molar-refractivity contribution in [1.82, 2.24) is 10.2 Å². The fourth-order valence-corrected chi connectivity index (χ4v) is 4.83. The Labute approximate surface area is 190 Å². The smallest absolute Gasteiger partial charge is 0.287 e. The number of likely N-dealkylation sites (tertiary alicyclic amines) is 1. The molecule has 3 fully saturated rings. The van der Waals surface area contributed by atoms with E-state index in [0.29, 0.717) is 35.2 Å². The van der Waals surface area contributed by atoms with Gasteiger partial charge in [0.05, 0.1) is 12.1 Å². The zero-order valence-electron chi connectivity index (χ0n) is 18.9. The average Bonchev–Trinajstić information content (AvgIpc) is 3.56. The second-order valence-electron chi connectivity index (χ2n) is 8.70. The van der Waals surface area contributed by atoms with Gasteiger partial charge in [0, 0.05) is 31.0 Å². The summed E-state index contributed by atoms with van der Waals surface area (Å²) in [6, 6.07) is 3.94. The maximum absolute atomic E-state index is 12.3. The third-order valence-corrected chi connectivity index (χ3v) is 6.69. The van der Waals surface area contributed by atoms with Crippen LogP contribution in [0.5, 0.6) is 0 Å². The van der Waals surface area contributed by atoms with Gasteiger partial charge in [-0.3, -0.25) is 9.59 Å². The molecule has 8 heteroatoms. The molecule has 2 aliphatic heterocycles. The Hall–Kier alpha value is -2.74. The van der Waals surface area contributed by atoms with Gasteiger partial charge in [0.25, 0.3) is 5.91 Å². The fraction of sp³-hybridized carbons (Fsp3) is 0.583. The molecule has 0 radical (unpaired) electrons. The molecule has 2 amide bonds. The van der Waals surface area contributed by atoms with Crippen LogP contribution in [0.1, 0.15) is 68.2 Å². The molecule has 4 rings (SSSR count). The van der Waals surface area contributed by atoms with Gasteiger partial charge in [-0.2, -0.15) is 0 Å². The van der Waals surface area contributed by atoms with Crippen molar-refractivity contribution < 1.29 is 18.7 Å². The van der Waals surface area contributed by atoms with Gasteiger partial charge in [-0.05, 0) is 62.9 Å². The molecule has 1 aliphatic carbocycles. The normalized spacial score (nSPS) is 24.7. The topological polar surface area (TPSA) is 124 Å². The summed E-state index contributed by atoms with van der Waals surface area (Å²) >= 11 is 0. The lowest BCUT2D eigenvalue weighted by Crippen LogP contribution is -2.38. The standard InChI is InChI=1S/C17H25N3O2.C7H11NO2/c1-12(13-5-3-2-4-6-13)20-17(21)16-8-7-15(22-16)14(11-19)9-10-18;9-5-8-3-1-7-6(8)2-4-10-7/h7-13H,2-6,18-19H2,1H3,(H,20,21);5-7H,1-4H2/b10-9-,14-11+;/t;6-,7-/m.1/s1. The lowest BCUT2D eigenvalue weighted by atomic mass is 9.84. The quantitative estimate of drug-likeness (QED) is 0.458. The number of nitrogens with zero attached hydrogens (tertiary/aromatic N) is 1. The molecular formula is C24H36N4O4. The summed E-state index contributed by atoms with van der Waals surface area (Å²) in [5, 5.41) is 3.04. The molecule has 0 bridgehead atoms. The molecule has 8 nitrogen and oxygen atoms in total. The van der Waals surface area contributed by atoms with Crippen molar-refractivity contribution in [3.05, 3.63) is 42.1 Å². The van der Waals surface area contributed by atoms with E-state index in [-0.39, 0.29) is 11.9 Å². The van der Waals surface area contributed by atoms with Crippen LogP contribution in [0.15, 0.2) is 35.0 Å². The Bertz CT molecular complexity index is 813. The van der Waals surface area contributed by atoms with Crippen LogP contribution in [-0.2, 0) is 9.53 Å². The number of ether oxygens (including phenoxy) is 1. The third-order valence-electron chi connectivity index (χ3n) is 6.69. The number of amides is 2. The summed E-state index contributed by atoms with van der Waals surface area (Å²) in [5.74, 6) is 1.20. The molecule has 3 atom stereocenters. The van der Waals surface area contributed by atoms with Crippen LogP contribution >= 0.6 is 0 Å². The number of hydrogen-bond acceptors (Lipinski definition) is 6. The van der Waals surface area contributed by atoms with Crippen molar-refractivity contribution in [2.75, 3.05) is 13.2 Å². The number of nitrogens with one attached hydrogen (secondary N) is 1. The van der Waals surface area contributed by atoms with Crippen molar-refractivity contribution in [2.45, 2.75) is 70.1 Å². The Kier molecular flexibility index (Phi) is 8.79. The number of carbonyl (C=O) groups excluding carboxylic acids is 2. The highest BCUT2D eigenvalue weighted by molar-refractivity contribution is 5.92. The van der Waals surface area contributed by atoms with E-state index in [1.807, 2.05) is 4.90 Å². The third kappa shape index (κ3) is 5.94. The highest BCUT2D eigenvalue weighted by Crippen LogP contribution is 2.28. The summed E-state index contributed by atoms with van der Waals surface area (Å²) in [6.07, 6.45) is 14.0. The van der Waals surface area contributed by atoms with Gasteiger partial charge in [0.15, 0.2) is 5.76 Å². The van der Waals surface area contributed by atoms with Crippen LogP contribution in [0.4, 0.5) is 0 Å². The molecule has 1 aromatic rings. The van der Waals surface area contributed by atoms with Crippen molar-refractivity contribution in [3.63, 3.8) is 0 Å². The maximum atomic E-state index is 12.3. The van der Waals surface area contributed by atoms with Crippen LogP contribution in [0.25, 0.3) is 5.57 Å². The predicted molar refractivity (Wildman–Crippen MR) is 123 cm³/mol. The fourth-order valence-electron chi connectivity index (χ4n) is 4.83. The number of furan rings is 1. The summed E-state index contributed by atoms with van der Waals surface area (Å²) in [4.78, 5) is 24.6. The van der Waals surface area contributed by atoms with Crippen LogP contribution in [0.2, 0.25) is 0 Å². The monoisotopic (exact) mass is 444 g/mol. The predicted octanol–water partition coefficient (Wildman–Crippen LogP) is 2.76. The Balaban J connectivity index is 0.000000238. The first-order chi connectivity index (χ1) is 15.6. The number of allylic oxidation sites excluding steroid dienone is 2. The summed E-state index contributed by atoms with van der Waals surface area (Å²) in [5.41, 5.74) is 11.5. The molecule has 32 heavy (non-hydrogen) atoms. The summed E-state index contributed by atoms with van der Waals surface area (Å²) in [7, 11) is 0. The molecule has 0 aromatic carbocycles. The van der Waals surface area contributed by atoms with Crippen LogP contribution in [0, 0.1) is 5.92 Å². The molecular weight excluding hydrogens is 408 g/mol. The molecule has 5 N–H and O–H groups in total. The molecule has 1 unspecified atom stereocenters. The molecule has 3 heterocycles. The minimum atomic E-state index is -0.183. The first-order valence-corrected chi connectivity index (χ1v) is 11.6. The van der Waals surface area contributed by atoms with Crippen LogP contribution in [-0.4, -0.2) is 48.6 Å². The first kappa shape index (κ1) is 23.9. The SMILES string of the molecule is CC(NC(=O)c1ccc(C(/C=C\N)=C/N)o1)C1CCCCC1.O=CN1CC[C@H]2OCC[C@H]21. The molecule has 3 aliphatic rings. The maximum Gasteiger partial charge on any atom is 0.287 e. The van der Waals surface area contributed by atoms with Gasteiger partial charge in [-0.25, -0.2) is 0 Å². The van der Waals surface area contributed by atoms with E-state index >= 15 is 0 Å². The molecule has 0 spiro atoms. The number of carbonyl (C=O) groups is 2. The number of fused-ring (bicyclic) bond motifs is 1. The molecule has 2 saturated heterocycles. The second kappa shape index (κ2) is 11.8. The van der Waals surface area contributed by atoms with E-state index < -0.39 is 0 Å². The average molecular weight is 445 g/mol. The van der Waals surface area contributed by atoms with Crippen molar-refractivity contribution in [3.8, 4) is 0 Å². The van der Waals surface area contributed by atoms with E-state index in [9.17, 15) is 9.59 Å². The first-order valence-electron chi connectivity index (χ1n) is 11.6. The minimum Gasteiger partial charge on any atom is -0.451 e. The second-order valence-corrected chi connectivity index (χ2v) is 8.70. The number of rotatable bonds is 6. The van der Waals surface area contributed by atoms with Crippen LogP contribution < -0.4 is 16.8 Å². The highest BCUT2D eigenvalue weighted by Gasteiger charge is 2.37. The van der Waals surface area contributed by atoms with E-state index in [0.717, 1.165) is 32.4 Å². The van der Waals surface area contributed by atoms with Gasteiger partial charge in [0.2, 0.25) is 6.41 Å². The largest absolute Gasteiger partial charge is 0.451 e. The Morgan fingerprint density at radius 3 is 2.59 bits per heavy atom. The van der Waals surface area contributed by atoms with Crippen molar-refractivity contribution in [2.24, 2.45) is 17.4 Å². The van der Waals surface area contributed by atoms with Gasteiger partial charge >= 0.3 is 0 Å². The van der Waals surface area contributed by atoms with Gasteiger partial charge in [-0.15, -0.1) is 0 Å². The highest BCUT2D eigenvalue weighted by atomic mass is 16.5. The summed E-state index contributed by atoms with van der Waals surface area (Å²) < 4.78 is 11.0. The van der Waals surface area contributed by atoms with Gasteiger partial charge in [-0.1, -0.05) is 19.3 Å². The van der Waals surface area contributed by atoms with Crippen molar-refractivity contribution >= 4 is 17.9 Å². The van der Waals surface area contributed by atoms with Crippen molar-refractivity contribution in [1.29, 1.82) is 0 Å². The van der Waals surface area contributed by atoms with E-state index in [2.05, 4.69) is 12.2 Å². The zero-order valence-corrected chi connectivity index (χ0v) is 18.9. The minimum absolute atomic E-state index is 0.162. The van der Waals surface area contributed by atoms with Gasteiger partial charge < -0.3 is 30.8 Å². The lowest BCUT2D eigenvalue weighted by molar-refractivity contribution is -0.118. The van der Waals surface area contributed by atoms with E-state index in [4.69, 9.17) is 20.6 Å². The van der Waals surface area contributed by atoms with Crippen LogP contribution in [0.3, 0.4) is 0 Å². The molecule has 1 saturated carbocycles. The van der Waals surface area contributed by atoms with E-state index in [1.54, 1.807) is 18.2 Å². The molecule has 176 valence electrons. The summed E-state index contributed by atoms with van der Waals surface area (Å²) in [6.45, 7) is 3.79. The number of nitrogens with two attached hydrogens (primary N) is 2. The van der Waals surface area contributed by atoms with Gasteiger partial charge in [0.1, 0.15) is 5.76 Å². The Morgan fingerprint density at radius 1 is 1.16 bits per heavy atom. The Morgan fingerprint density at radius 2 is 1.91 bits per heavy atom. The van der Waals surface area contributed by atoms with E-state index in [1.165, 1.54) is 44.5 Å². The number of hydrogen-bond donors (Lipinski definition) is 3. The lowest BCUT2D eigenvalue weighted by Gasteiger charge is -2.27. The zero-order chi connectivity index (χ0) is 22.9.